The Balaban J connectivity index is 1.96. The molecular formula is C16H11BrFNO2. The van der Waals surface area contributed by atoms with Crippen molar-refractivity contribution in [1.29, 1.82) is 0 Å². The zero-order valence-corrected chi connectivity index (χ0v) is 12.8. The van der Waals surface area contributed by atoms with E-state index in [0.29, 0.717) is 16.5 Å². The van der Waals surface area contributed by atoms with Crippen LogP contribution in [0.1, 0.15) is 21.7 Å². The van der Waals surface area contributed by atoms with Crippen LogP contribution < -0.4 is 0 Å². The zero-order valence-electron chi connectivity index (χ0n) is 11.2. The Bertz CT molecular complexity index is 841. The number of carbonyl (C=O) groups excluding carboxylic acids is 1. The summed E-state index contributed by atoms with van der Waals surface area (Å²) in [6.07, 6.45) is 3.49. The number of rotatable bonds is 3. The molecule has 0 aliphatic heterocycles. The molecule has 21 heavy (non-hydrogen) atoms. The second-order valence-electron chi connectivity index (χ2n) is 4.81. The van der Waals surface area contributed by atoms with Crippen LogP contribution in [-0.4, -0.2) is 10.8 Å². The SMILES string of the molecule is Cc1c(C(=O)Cc2cncc(Br)c2)oc2ccc(F)cc12. The topological polar surface area (TPSA) is 43.1 Å². The van der Waals surface area contributed by atoms with Gasteiger partial charge in [0, 0.05) is 34.2 Å². The predicted molar refractivity (Wildman–Crippen MR) is 80.9 cm³/mol. The van der Waals surface area contributed by atoms with Crippen LogP contribution in [0.4, 0.5) is 4.39 Å². The van der Waals surface area contributed by atoms with E-state index >= 15 is 0 Å². The standard InChI is InChI=1S/C16H11BrFNO2/c1-9-13-6-12(18)2-3-15(13)21-16(9)14(20)5-10-4-11(17)8-19-7-10/h2-4,6-8H,5H2,1H3. The maximum atomic E-state index is 13.3. The fourth-order valence-electron chi connectivity index (χ4n) is 2.28. The molecular weight excluding hydrogens is 337 g/mol. The summed E-state index contributed by atoms with van der Waals surface area (Å²) in [5.74, 6) is -0.221. The lowest BCUT2D eigenvalue weighted by Crippen LogP contribution is -2.04. The quantitative estimate of drug-likeness (QED) is 0.656. The summed E-state index contributed by atoms with van der Waals surface area (Å²) in [5.41, 5.74) is 1.97. The van der Waals surface area contributed by atoms with Crippen molar-refractivity contribution < 1.29 is 13.6 Å². The van der Waals surface area contributed by atoms with Gasteiger partial charge in [0.1, 0.15) is 11.4 Å². The maximum Gasteiger partial charge on any atom is 0.202 e. The molecule has 3 rings (SSSR count). The number of aromatic nitrogens is 1. The number of halogens is 2. The Labute approximate surface area is 128 Å². The van der Waals surface area contributed by atoms with Crippen molar-refractivity contribution >= 4 is 32.7 Å². The molecule has 0 saturated carbocycles. The first-order valence-electron chi connectivity index (χ1n) is 6.36. The summed E-state index contributed by atoms with van der Waals surface area (Å²) in [6.45, 7) is 1.76. The largest absolute Gasteiger partial charge is 0.453 e. The molecule has 0 N–H and O–H groups in total. The summed E-state index contributed by atoms with van der Waals surface area (Å²) in [6, 6.07) is 6.07. The first-order chi connectivity index (χ1) is 10.0. The van der Waals surface area contributed by atoms with Gasteiger partial charge in [0.2, 0.25) is 5.78 Å². The van der Waals surface area contributed by atoms with E-state index in [-0.39, 0.29) is 23.8 Å². The molecule has 0 unspecified atom stereocenters. The average molecular weight is 348 g/mol. The van der Waals surface area contributed by atoms with Gasteiger partial charge in [-0.2, -0.15) is 0 Å². The van der Waals surface area contributed by atoms with Gasteiger partial charge >= 0.3 is 0 Å². The Morgan fingerprint density at radius 3 is 2.90 bits per heavy atom. The van der Waals surface area contributed by atoms with Gasteiger partial charge < -0.3 is 4.42 Å². The first kappa shape index (κ1) is 13.9. The Morgan fingerprint density at radius 2 is 2.14 bits per heavy atom. The molecule has 106 valence electrons. The van der Waals surface area contributed by atoms with Gasteiger partial charge in [0.15, 0.2) is 5.76 Å². The van der Waals surface area contributed by atoms with Crippen LogP contribution in [0.25, 0.3) is 11.0 Å². The molecule has 0 atom stereocenters. The van der Waals surface area contributed by atoms with Crippen molar-refractivity contribution in [3.63, 3.8) is 0 Å². The molecule has 0 fully saturated rings. The van der Waals surface area contributed by atoms with Crippen LogP contribution in [0.2, 0.25) is 0 Å². The molecule has 5 heteroatoms. The molecule has 0 saturated heterocycles. The monoisotopic (exact) mass is 347 g/mol. The molecule has 0 radical (unpaired) electrons. The summed E-state index contributed by atoms with van der Waals surface area (Å²) in [4.78, 5) is 16.4. The summed E-state index contributed by atoms with van der Waals surface area (Å²) < 4.78 is 19.7. The third kappa shape index (κ3) is 2.74. The van der Waals surface area contributed by atoms with E-state index < -0.39 is 0 Å². The van der Waals surface area contributed by atoms with Crippen LogP contribution in [0.15, 0.2) is 45.5 Å². The van der Waals surface area contributed by atoms with Crippen molar-refractivity contribution in [1.82, 2.24) is 4.98 Å². The van der Waals surface area contributed by atoms with Crippen molar-refractivity contribution in [3.8, 4) is 0 Å². The molecule has 0 aliphatic rings. The maximum absolute atomic E-state index is 13.3. The zero-order chi connectivity index (χ0) is 15.0. The normalized spacial score (nSPS) is 11.0. The number of hydrogen-bond acceptors (Lipinski definition) is 3. The second-order valence-corrected chi connectivity index (χ2v) is 5.72. The number of benzene rings is 1. The summed E-state index contributed by atoms with van der Waals surface area (Å²) in [5, 5.41) is 0.630. The van der Waals surface area contributed by atoms with Crippen molar-refractivity contribution in [2.24, 2.45) is 0 Å². The Kier molecular flexibility index (Phi) is 3.59. The lowest BCUT2D eigenvalue weighted by atomic mass is 10.1. The molecule has 1 aromatic carbocycles. The molecule has 2 aromatic heterocycles. The van der Waals surface area contributed by atoms with Crippen molar-refractivity contribution in [2.45, 2.75) is 13.3 Å². The number of fused-ring (bicyclic) bond motifs is 1. The van der Waals surface area contributed by atoms with Gasteiger partial charge in [-0.15, -0.1) is 0 Å². The number of ketones is 1. The lowest BCUT2D eigenvalue weighted by molar-refractivity contribution is 0.0967. The van der Waals surface area contributed by atoms with Crippen molar-refractivity contribution in [2.75, 3.05) is 0 Å². The fourth-order valence-corrected chi connectivity index (χ4v) is 2.69. The number of hydrogen-bond donors (Lipinski definition) is 0. The number of furan rings is 1. The number of pyridine rings is 1. The van der Waals surface area contributed by atoms with Crippen LogP contribution in [0, 0.1) is 12.7 Å². The van der Waals surface area contributed by atoms with E-state index in [1.54, 1.807) is 19.3 Å². The third-order valence-corrected chi connectivity index (χ3v) is 3.71. The number of aryl methyl sites for hydroxylation is 1. The molecule has 3 aromatic rings. The number of nitrogens with zero attached hydrogens (tertiary/aromatic N) is 1. The van der Waals surface area contributed by atoms with Gasteiger partial charge in [-0.3, -0.25) is 9.78 Å². The van der Waals surface area contributed by atoms with E-state index in [4.69, 9.17) is 4.42 Å². The summed E-state index contributed by atoms with van der Waals surface area (Å²) in [7, 11) is 0. The van der Waals surface area contributed by atoms with E-state index in [9.17, 15) is 9.18 Å². The molecule has 0 bridgehead atoms. The van der Waals surface area contributed by atoms with E-state index in [0.717, 1.165) is 10.0 Å². The fraction of sp³-hybridized carbons (Fsp3) is 0.125. The predicted octanol–water partition coefficient (Wildman–Crippen LogP) is 4.46. The van der Waals surface area contributed by atoms with Crippen LogP contribution in [0.3, 0.4) is 0 Å². The molecule has 2 heterocycles. The highest BCUT2D eigenvalue weighted by atomic mass is 79.9. The Hall–Kier alpha value is -2.01. The van der Waals surface area contributed by atoms with Gasteiger partial charge in [-0.1, -0.05) is 0 Å². The number of Topliss-reactive ketones (excluding diaryl/α,β-unsaturated/α-hetero) is 1. The van der Waals surface area contributed by atoms with Crippen molar-refractivity contribution in [3.05, 3.63) is 63.8 Å². The van der Waals surface area contributed by atoms with Crippen LogP contribution in [0.5, 0.6) is 0 Å². The minimum atomic E-state index is -0.346. The minimum Gasteiger partial charge on any atom is -0.453 e. The van der Waals surface area contributed by atoms with E-state index in [2.05, 4.69) is 20.9 Å². The van der Waals surface area contributed by atoms with E-state index in [1.807, 2.05) is 6.07 Å². The lowest BCUT2D eigenvalue weighted by Gasteiger charge is -2.00. The van der Waals surface area contributed by atoms with Gasteiger partial charge in [0.05, 0.1) is 0 Å². The molecule has 3 nitrogen and oxygen atoms in total. The number of carbonyl (C=O) groups is 1. The second kappa shape index (κ2) is 5.41. The molecule has 0 spiro atoms. The minimum absolute atomic E-state index is 0.149. The highest BCUT2D eigenvalue weighted by Crippen LogP contribution is 2.27. The highest BCUT2D eigenvalue weighted by Gasteiger charge is 2.18. The van der Waals surface area contributed by atoms with Crippen LogP contribution >= 0.6 is 15.9 Å². The van der Waals surface area contributed by atoms with E-state index in [1.165, 1.54) is 18.2 Å². The van der Waals surface area contributed by atoms with Gasteiger partial charge in [0.25, 0.3) is 0 Å². The smallest absolute Gasteiger partial charge is 0.202 e. The van der Waals surface area contributed by atoms with Gasteiger partial charge in [-0.25, -0.2) is 4.39 Å². The average Bonchev–Trinajstić information content (AvgIpc) is 2.76. The van der Waals surface area contributed by atoms with Crippen LogP contribution in [-0.2, 0) is 6.42 Å². The molecule has 0 aliphatic carbocycles. The summed E-state index contributed by atoms with van der Waals surface area (Å²) >= 11 is 3.32. The Morgan fingerprint density at radius 1 is 1.33 bits per heavy atom. The molecule has 0 amide bonds. The first-order valence-corrected chi connectivity index (χ1v) is 7.15. The third-order valence-electron chi connectivity index (χ3n) is 3.28. The highest BCUT2D eigenvalue weighted by molar-refractivity contribution is 9.10. The van der Waals surface area contributed by atoms with Gasteiger partial charge in [-0.05, 0) is 52.7 Å².